The minimum absolute atomic E-state index is 0.275. The Morgan fingerprint density at radius 1 is 0.903 bits per heavy atom. The molecule has 3 aromatic carbocycles. The molecule has 0 unspecified atom stereocenters. The molecule has 0 saturated heterocycles. The summed E-state index contributed by atoms with van der Waals surface area (Å²) < 4.78 is 1.83. The van der Waals surface area contributed by atoms with Crippen molar-refractivity contribution in [1.82, 2.24) is 25.0 Å². The molecule has 6 nitrogen and oxygen atoms in total. The van der Waals surface area contributed by atoms with Crippen LogP contribution in [0.5, 0.6) is 5.75 Å². The zero-order valence-electron chi connectivity index (χ0n) is 16.7. The molecule has 0 fully saturated rings. The van der Waals surface area contributed by atoms with E-state index in [2.05, 4.69) is 62.7 Å². The van der Waals surface area contributed by atoms with Crippen molar-refractivity contribution in [1.29, 1.82) is 0 Å². The first-order chi connectivity index (χ1) is 15.2. The molecule has 0 atom stereocenters. The Morgan fingerprint density at radius 3 is 2.39 bits per heavy atom. The zero-order chi connectivity index (χ0) is 20.8. The number of aromatic amines is 1. The molecule has 0 radical (unpaired) electrons. The molecular formula is C25H19N5O. The van der Waals surface area contributed by atoms with Crippen LogP contribution in [-0.2, 0) is 13.0 Å². The summed E-state index contributed by atoms with van der Waals surface area (Å²) in [6.45, 7) is 0.713. The quantitative estimate of drug-likeness (QED) is 0.447. The second-order valence-electron chi connectivity index (χ2n) is 7.81. The number of nitrogens with zero attached hydrogens (tertiary/aromatic N) is 4. The maximum atomic E-state index is 9.50. The second kappa shape index (κ2) is 6.95. The molecule has 2 heterocycles. The summed E-state index contributed by atoms with van der Waals surface area (Å²) >= 11 is 0. The van der Waals surface area contributed by atoms with Crippen molar-refractivity contribution in [3.05, 3.63) is 96.1 Å². The van der Waals surface area contributed by atoms with Gasteiger partial charge in [-0.1, -0.05) is 54.6 Å². The van der Waals surface area contributed by atoms with Crippen LogP contribution in [0, 0.1) is 0 Å². The van der Waals surface area contributed by atoms with Crippen LogP contribution in [0.4, 0.5) is 0 Å². The van der Waals surface area contributed by atoms with E-state index in [1.54, 1.807) is 24.8 Å². The van der Waals surface area contributed by atoms with E-state index in [0.29, 0.717) is 6.54 Å². The lowest BCUT2D eigenvalue weighted by Gasteiger charge is -2.06. The molecule has 0 aliphatic heterocycles. The lowest BCUT2D eigenvalue weighted by Crippen LogP contribution is -2.00. The van der Waals surface area contributed by atoms with E-state index in [0.717, 1.165) is 34.5 Å². The van der Waals surface area contributed by atoms with Crippen molar-refractivity contribution < 1.29 is 5.11 Å². The molecule has 0 bridgehead atoms. The highest BCUT2D eigenvalue weighted by atomic mass is 16.3. The molecular weight excluding hydrogens is 386 g/mol. The minimum Gasteiger partial charge on any atom is -0.508 e. The van der Waals surface area contributed by atoms with Gasteiger partial charge in [0.15, 0.2) is 0 Å². The number of phenolic OH excluding ortho intramolecular Hbond substituents is 1. The van der Waals surface area contributed by atoms with Crippen LogP contribution in [0.15, 0.2) is 79.4 Å². The molecule has 31 heavy (non-hydrogen) atoms. The summed E-state index contributed by atoms with van der Waals surface area (Å²) in [6.07, 6.45) is 4.16. The van der Waals surface area contributed by atoms with E-state index in [1.165, 1.54) is 22.3 Å². The van der Waals surface area contributed by atoms with Crippen LogP contribution in [-0.4, -0.2) is 30.1 Å². The van der Waals surface area contributed by atoms with Gasteiger partial charge in [0.1, 0.15) is 18.4 Å². The Morgan fingerprint density at radius 2 is 1.65 bits per heavy atom. The maximum Gasteiger partial charge on any atom is 0.137 e. The van der Waals surface area contributed by atoms with Gasteiger partial charge in [0.2, 0.25) is 0 Å². The van der Waals surface area contributed by atoms with Gasteiger partial charge in [-0.05, 0) is 34.4 Å². The molecule has 6 heteroatoms. The van der Waals surface area contributed by atoms with Crippen LogP contribution in [0.1, 0.15) is 16.7 Å². The van der Waals surface area contributed by atoms with Crippen molar-refractivity contribution in [2.24, 2.45) is 0 Å². The lowest BCUT2D eigenvalue weighted by atomic mass is 10.0. The molecule has 1 aliphatic rings. The maximum absolute atomic E-state index is 9.50. The fourth-order valence-corrected chi connectivity index (χ4v) is 4.30. The van der Waals surface area contributed by atoms with E-state index in [4.69, 9.17) is 0 Å². The first kappa shape index (κ1) is 17.7. The van der Waals surface area contributed by atoms with Gasteiger partial charge in [0.25, 0.3) is 0 Å². The number of phenols is 1. The molecule has 0 saturated carbocycles. The summed E-state index contributed by atoms with van der Waals surface area (Å²) in [5, 5.41) is 21.6. The van der Waals surface area contributed by atoms with Crippen LogP contribution in [0.2, 0.25) is 0 Å². The molecule has 2 aromatic heterocycles. The number of benzene rings is 3. The third kappa shape index (κ3) is 3.09. The smallest absolute Gasteiger partial charge is 0.137 e. The number of rotatable bonds is 4. The van der Waals surface area contributed by atoms with Crippen LogP contribution in [0.3, 0.4) is 0 Å². The van der Waals surface area contributed by atoms with Crippen LogP contribution in [0.25, 0.3) is 33.6 Å². The predicted molar refractivity (Wildman–Crippen MR) is 118 cm³/mol. The van der Waals surface area contributed by atoms with E-state index in [1.807, 2.05) is 16.8 Å². The monoisotopic (exact) mass is 405 g/mol. The van der Waals surface area contributed by atoms with Gasteiger partial charge in [-0.3, -0.25) is 5.10 Å². The van der Waals surface area contributed by atoms with Gasteiger partial charge in [0.05, 0.1) is 17.9 Å². The average molecular weight is 405 g/mol. The molecule has 0 spiro atoms. The van der Waals surface area contributed by atoms with Crippen LogP contribution >= 0.6 is 0 Å². The highest BCUT2D eigenvalue weighted by molar-refractivity contribution is 5.82. The van der Waals surface area contributed by atoms with E-state index >= 15 is 0 Å². The average Bonchev–Trinajstić information content (AvgIpc) is 3.52. The third-order valence-electron chi connectivity index (χ3n) is 5.84. The number of H-pyrrole nitrogens is 1. The van der Waals surface area contributed by atoms with Crippen LogP contribution < -0.4 is 0 Å². The van der Waals surface area contributed by atoms with Gasteiger partial charge in [-0.25, -0.2) is 9.67 Å². The number of aromatic nitrogens is 5. The first-order valence-electron chi connectivity index (χ1n) is 10.2. The molecule has 6 rings (SSSR count). The normalized spacial score (nSPS) is 12.0. The van der Waals surface area contributed by atoms with Crippen molar-refractivity contribution in [3.8, 4) is 39.4 Å². The molecule has 0 amide bonds. The Labute approximate surface area is 178 Å². The topological polar surface area (TPSA) is 79.6 Å². The van der Waals surface area contributed by atoms with E-state index < -0.39 is 0 Å². The van der Waals surface area contributed by atoms with Gasteiger partial charge >= 0.3 is 0 Å². The minimum atomic E-state index is 0.275. The van der Waals surface area contributed by atoms with Gasteiger partial charge in [-0.2, -0.15) is 10.2 Å². The fraction of sp³-hybridized carbons (Fsp3) is 0.0800. The Bertz CT molecular complexity index is 1370. The summed E-state index contributed by atoms with van der Waals surface area (Å²) in [5.74, 6) is 0.275. The summed E-state index contributed by atoms with van der Waals surface area (Å²) in [5.41, 5.74) is 10.4. The number of hydrogen-bond acceptors (Lipinski definition) is 4. The Kier molecular flexibility index (Phi) is 3.96. The van der Waals surface area contributed by atoms with Crippen molar-refractivity contribution in [2.45, 2.75) is 13.0 Å². The van der Waals surface area contributed by atoms with Gasteiger partial charge in [-0.15, -0.1) is 0 Å². The molecule has 1 aliphatic carbocycles. The Hall–Kier alpha value is -4.19. The van der Waals surface area contributed by atoms with Crippen molar-refractivity contribution >= 4 is 0 Å². The summed E-state index contributed by atoms with van der Waals surface area (Å²) in [7, 11) is 0. The van der Waals surface area contributed by atoms with E-state index in [9.17, 15) is 5.11 Å². The fourth-order valence-electron chi connectivity index (χ4n) is 4.30. The predicted octanol–water partition coefficient (Wildman–Crippen LogP) is 4.66. The number of fused-ring (bicyclic) bond motifs is 3. The third-order valence-corrected chi connectivity index (χ3v) is 5.84. The van der Waals surface area contributed by atoms with Crippen molar-refractivity contribution in [2.75, 3.05) is 0 Å². The second-order valence-corrected chi connectivity index (χ2v) is 7.81. The molecule has 2 N–H and O–H groups in total. The van der Waals surface area contributed by atoms with E-state index in [-0.39, 0.29) is 5.75 Å². The Balaban J connectivity index is 1.29. The van der Waals surface area contributed by atoms with Crippen molar-refractivity contribution in [3.63, 3.8) is 0 Å². The number of aromatic hydroxyl groups is 1. The highest BCUT2D eigenvalue weighted by Crippen LogP contribution is 2.40. The van der Waals surface area contributed by atoms with Gasteiger partial charge in [0, 0.05) is 23.1 Å². The summed E-state index contributed by atoms with van der Waals surface area (Å²) in [4.78, 5) is 4.02. The lowest BCUT2D eigenvalue weighted by molar-refractivity contribution is 0.475. The number of nitrogens with one attached hydrogen (secondary N) is 1. The SMILES string of the molecule is Oc1ccc(-c2ccc(-c3n[nH]c4c3Cc3cc(Cn5cncn5)ccc3-4)cc2)cc1. The summed E-state index contributed by atoms with van der Waals surface area (Å²) in [6, 6.07) is 22.2. The largest absolute Gasteiger partial charge is 0.508 e. The van der Waals surface area contributed by atoms with Gasteiger partial charge < -0.3 is 5.11 Å². The molecule has 150 valence electrons. The molecule has 5 aromatic rings. The highest BCUT2D eigenvalue weighted by Gasteiger charge is 2.25. The zero-order valence-corrected chi connectivity index (χ0v) is 16.7. The standard InChI is InChI=1S/C25H19N5O/c31-21-8-6-18(7-9-21)17-2-4-19(5-3-17)24-23-12-20-11-16(13-30-15-26-14-27-30)1-10-22(20)25(23)29-28-24/h1-11,14-15,31H,12-13H2,(H,28,29). The number of hydrogen-bond donors (Lipinski definition) is 2. The first-order valence-corrected chi connectivity index (χ1v) is 10.2.